The van der Waals surface area contributed by atoms with Gasteiger partial charge in [0.05, 0.1) is 0 Å². The van der Waals surface area contributed by atoms with Crippen LogP contribution in [0.3, 0.4) is 0 Å². The van der Waals surface area contributed by atoms with Crippen molar-refractivity contribution in [2.45, 2.75) is 180 Å². The highest BCUT2D eigenvalue weighted by Gasteiger charge is 2.00. The molecule has 0 radical (unpaired) electrons. The largest absolute Gasteiger partial charge is 0.481 e. The Morgan fingerprint density at radius 3 is 0.429 bits per heavy atom. The number of unbranched alkanes of at least 4 members (excludes halogenated alkanes) is 22. The molecule has 4 N–H and O–H groups in total. The van der Waals surface area contributed by atoms with E-state index >= 15 is 0 Å². The third-order valence-corrected chi connectivity index (χ3v) is 7.06. The van der Waals surface area contributed by atoms with Gasteiger partial charge in [-0.05, 0) is 25.7 Å². The SMILES string of the molecule is Cl.Cl.O=C(O)CCCCCCCCCCCCCCC(=O)O.O=C(O)CCCCCCCCCCCCCCC(=O)O. The molecule has 0 atom stereocenters. The van der Waals surface area contributed by atoms with E-state index in [1.54, 1.807) is 0 Å². The van der Waals surface area contributed by atoms with Crippen molar-refractivity contribution in [1.29, 1.82) is 0 Å². The van der Waals surface area contributed by atoms with Gasteiger partial charge in [0.15, 0.2) is 0 Å². The molecule has 0 aliphatic rings. The lowest BCUT2D eigenvalue weighted by molar-refractivity contribution is -0.138. The van der Waals surface area contributed by atoms with Gasteiger partial charge in [-0.3, -0.25) is 19.2 Å². The summed E-state index contributed by atoms with van der Waals surface area (Å²) in [5, 5.41) is 34.0. The molecular formula is C32H62Cl2O8. The molecule has 0 bridgehead atoms. The molecule has 0 spiro atoms. The number of hydrogen-bond acceptors (Lipinski definition) is 4. The second-order valence-electron chi connectivity index (χ2n) is 11.1. The maximum atomic E-state index is 10.3. The quantitative estimate of drug-likeness (QED) is 0.0564. The van der Waals surface area contributed by atoms with Gasteiger partial charge in [-0.25, -0.2) is 0 Å². The summed E-state index contributed by atoms with van der Waals surface area (Å²) in [5.41, 5.74) is 0. The van der Waals surface area contributed by atoms with E-state index in [0.29, 0.717) is 25.7 Å². The summed E-state index contributed by atoms with van der Waals surface area (Å²) in [4.78, 5) is 41.2. The first-order valence-corrected chi connectivity index (χ1v) is 16.1. The lowest BCUT2D eigenvalue weighted by Gasteiger charge is -2.02. The minimum atomic E-state index is -0.687. The van der Waals surface area contributed by atoms with Crippen LogP contribution in [0.25, 0.3) is 0 Å². The van der Waals surface area contributed by atoms with Crippen LogP contribution in [0.1, 0.15) is 180 Å². The minimum absolute atomic E-state index is 0. The summed E-state index contributed by atoms with van der Waals surface area (Å²) < 4.78 is 0. The highest BCUT2D eigenvalue weighted by Crippen LogP contribution is 2.14. The van der Waals surface area contributed by atoms with Crippen LogP contribution < -0.4 is 0 Å². The van der Waals surface area contributed by atoms with Crippen molar-refractivity contribution in [3.63, 3.8) is 0 Å². The molecule has 0 rings (SSSR count). The van der Waals surface area contributed by atoms with E-state index < -0.39 is 23.9 Å². The number of rotatable bonds is 30. The summed E-state index contributed by atoms with van der Waals surface area (Å²) in [5.74, 6) is -2.75. The predicted molar refractivity (Wildman–Crippen MR) is 174 cm³/mol. The Balaban J connectivity index is -0.000000328. The van der Waals surface area contributed by atoms with Gasteiger partial charge in [-0.1, -0.05) is 128 Å². The van der Waals surface area contributed by atoms with Gasteiger partial charge in [0.2, 0.25) is 0 Å². The fourth-order valence-corrected chi connectivity index (χ4v) is 4.64. The Morgan fingerprint density at radius 1 is 0.238 bits per heavy atom. The Kier molecular flexibility index (Phi) is 44.5. The maximum absolute atomic E-state index is 10.3. The van der Waals surface area contributed by atoms with E-state index in [1.165, 1.54) is 77.0 Å². The zero-order valence-corrected chi connectivity index (χ0v) is 27.7. The number of halogens is 2. The Labute approximate surface area is 267 Å². The standard InChI is InChI=1S/2C16H30O4.2ClH/c2*17-15(18)13-11-9-7-5-3-1-2-4-6-8-10-12-14-16(19)20;;/h2*1-14H2,(H,17,18)(H,19,20);2*1H. The number of hydrogen-bond donors (Lipinski definition) is 4. The van der Waals surface area contributed by atoms with Gasteiger partial charge >= 0.3 is 23.9 Å². The first-order valence-electron chi connectivity index (χ1n) is 16.1. The molecule has 0 saturated heterocycles. The van der Waals surface area contributed by atoms with Crippen LogP contribution in [0.4, 0.5) is 0 Å². The molecule has 0 amide bonds. The minimum Gasteiger partial charge on any atom is -0.481 e. The van der Waals surface area contributed by atoms with Crippen LogP contribution in [0.2, 0.25) is 0 Å². The van der Waals surface area contributed by atoms with Crippen molar-refractivity contribution in [2.24, 2.45) is 0 Å². The van der Waals surface area contributed by atoms with E-state index in [1.807, 2.05) is 0 Å². The van der Waals surface area contributed by atoms with Crippen molar-refractivity contribution in [2.75, 3.05) is 0 Å². The van der Waals surface area contributed by atoms with Gasteiger partial charge in [0, 0.05) is 25.7 Å². The lowest BCUT2D eigenvalue weighted by Crippen LogP contribution is -1.93. The monoisotopic (exact) mass is 644 g/mol. The van der Waals surface area contributed by atoms with Crippen molar-refractivity contribution < 1.29 is 39.6 Å². The third-order valence-electron chi connectivity index (χ3n) is 7.06. The van der Waals surface area contributed by atoms with E-state index in [2.05, 4.69) is 0 Å². The van der Waals surface area contributed by atoms with Crippen LogP contribution in [-0.4, -0.2) is 44.3 Å². The van der Waals surface area contributed by atoms with Crippen molar-refractivity contribution >= 4 is 48.7 Å². The second kappa shape index (κ2) is 39.5. The summed E-state index contributed by atoms with van der Waals surface area (Å²) in [6.45, 7) is 0. The fraction of sp³-hybridized carbons (Fsp3) is 0.875. The van der Waals surface area contributed by atoms with E-state index in [9.17, 15) is 19.2 Å². The highest BCUT2D eigenvalue weighted by atomic mass is 35.5. The van der Waals surface area contributed by atoms with E-state index in [4.69, 9.17) is 20.4 Å². The molecule has 0 aromatic heterocycles. The molecule has 252 valence electrons. The zero-order valence-electron chi connectivity index (χ0n) is 26.0. The Morgan fingerprint density at radius 2 is 0.333 bits per heavy atom. The van der Waals surface area contributed by atoms with Gasteiger partial charge in [0.1, 0.15) is 0 Å². The number of carboxylic acid groups (broad SMARTS) is 4. The molecule has 0 fully saturated rings. The molecule has 0 unspecified atom stereocenters. The molecule has 0 aliphatic heterocycles. The number of carbonyl (C=O) groups is 4. The number of carboxylic acids is 4. The number of aliphatic carboxylic acids is 4. The average molecular weight is 646 g/mol. The summed E-state index contributed by atoms with van der Waals surface area (Å²) in [6, 6.07) is 0. The van der Waals surface area contributed by atoms with Crippen LogP contribution >= 0.6 is 24.8 Å². The second-order valence-corrected chi connectivity index (χ2v) is 11.1. The molecule has 0 aromatic carbocycles. The molecule has 0 heterocycles. The van der Waals surface area contributed by atoms with Crippen LogP contribution in [0, 0.1) is 0 Å². The lowest BCUT2D eigenvalue weighted by atomic mass is 10.0. The Bertz CT molecular complexity index is 513. The van der Waals surface area contributed by atoms with Crippen LogP contribution in [0.5, 0.6) is 0 Å². The van der Waals surface area contributed by atoms with Crippen molar-refractivity contribution in [3.8, 4) is 0 Å². The van der Waals surface area contributed by atoms with E-state index in [-0.39, 0.29) is 24.8 Å². The first kappa shape index (κ1) is 47.4. The smallest absolute Gasteiger partial charge is 0.303 e. The summed E-state index contributed by atoms with van der Waals surface area (Å²) >= 11 is 0. The van der Waals surface area contributed by atoms with E-state index in [0.717, 1.165) is 77.0 Å². The fourth-order valence-electron chi connectivity index (χ4n) is 4.64. The summed E-state index contributed by atoms with van der Waals surface area (Å²) in [6.07, 6.45) is 28.2. The van der Waals surface area contributed by atoms with Gasteiger partial charge in [-0.2, -0.15) is 0 Å². The Hall–Kier alpha value is -1.54. The van der Waals surface area contributed by atoms with Gasteiger partial charge < -0.3 is 20.4 Å². The molecule has 0 aromatic rings. The summed E-state index contributed by atoms with van der Waals surface area (Å²) in [7, 11) is 0. The molecule has 0 aliphatic carbocycles. The zero-order chi connectivity index (χ0) is 30.1. The van der Waals surface area contributed by atoms with Crippen LogP contribution in [0.15, 0.2) is 0 Å². The van der Waals surface area contributed by atoms with Gasteiger partial charge in [-0.15, -0.1) is 24.8 Å². The first-order chi connectivity index (χ1) is 19.3. The molecule has 10 heteroatoms. The normalized spacial score (nSPS) is 10.1. The molecule has 42 heavy (non-hydrogen) atoms. The average Bonchev–Trinajstić information content (AvgIpc) is 2.88. The molecular weight excluding hydrogens is 583 g/mol. The van der Waals surface area contributed by atoms with Crippen LogP contribution in [-0.2, 0) is 19.2 Å². The topological polar surface area (TPSA) is 149 Å². The third kappa shape index (κ3) is 51.2. The molecule has 8 nitrogen and oxygen atoms in total. The van der Waals surface area contributed by atoms with Gasteiger partial charge in [0.25, 0.3) is 0 Å². The highest BCUT2D eigenvalue weighted by molar-refractivity contribution is 5.85. The van der Waals surface area contributed by atoms with Crippen molar-refractivity contribution in [3.05, 3.63) is 0 Å². The predicted octanol–water partition coefficient (Wildman–Crippen LogP) is 10.1. The maximum Gasteiger partial charge on any atom is 0.303 e. The molecule has 0 saturated carbocycles. The van der Waals surface area contributed by atoms with Crippen molar-refractivity contribution in [1.82, 2.24) is 0 Å².